The van der Waals surface area contributed by atoms with Crippen molar-refractivity contribution in [3.8, 4) is 5.75 Å². The molecular weight excluding hydrogens is 248 g/mol. The predicted octanol–water partition coefficient (Wildman–Crippen LogP) is 0.940. The van der Waals surface area contributed by atoms with E-state index in [9.17, 15) is 5.11 Å². The van der Waals surface area contributed by atoms with Crippen LogP contribution in [0.4, 0.5) is 0 Å². The Bertz CT molecular complexity index is 356. The summed E-state index contributed by atoms with van der Waals surface area (Å²) < 4.78 is 16.4. The molecule has 1 fully saturated rings. The van der Waals surface area contributed by atoms with Crippen molar-refractivity contribution in [3.05, 3.63) is 30.3 Å². The molecule has 3 atom stereocenters. The molecule has 1 saturated heterocycles. The fraction of sp³-hybridized carbons (Fsp3) is 0.571. The molecule has 1 aromatic carbocycles. The summed E-state index contributed by atoms with van der Waals surface area (Å²) >= 11 is 0. The van der Waals surface area contributed by atoms with E-state index < -0.39 is 12.4 Å². The third-order valence-corrected chi connectivity index (χ3v) is 2.95. The Kier molecular flexibility index (Phi) is 5.60. The number of benzene rings is 1. The highest BCUT2D eigenvalue weighted by Crippen LogP contribution is 2.20. The minimum absolute atomic E-state index is 0.0998. The summed E-state index contributed by atoms with van der Waals surface area (Å²) in [7, 11) is 0. The van der Waals surface area contributed by atoms with Crippen LogP contribution in [0.1, 0.15) is 12.8 Å². The lowest BCUT2D eigenvalue weighted by Gasteiger charge is -2.31. The highest BCUT2D eigenvalue weighted by molar-refractivity contribution is 5.20. The van der Waals surface area contributed by atoms with Gasteiger partial charge in [0.05, 0.1) is 25.4 Å². The van der Waals surface area contributed by atoms with E-state index in [-0.39, 0.29) is 12.7 Å². The van der Waals surface area contributed by atoms with E-state index in [0.29, 0.717) is 26.1 Å². The molecule has 0 amide bonds. The van der Waals surface area contributed by atoms with Crippen molar-refractivity contribution in [1.82, 2.24) is 0 Å². The van der Waals surface area contributed by atoms with E-state index in [1.54, 1.807) is 0 Å². The zero-order chi connectivity index (χ0) is 13.5. The van der Waals surface area contributed by atoms with Gasteiger partial charge in [-0.25, -0.2) is 0 Å². The second-order valence-corrected chi connectivity index (χ2v) is 4.53. The fourth-order valence-corrected chi connectivity index (χ4v) is 2.03. The Labute approximate surface area is 112 Å². The van der Waals surface area contributed by atoms with E-state index in [1.165, 1.54) is 0 Å². The first-order valence-electron chi connectivity index (χ1n) is 6.51. The molecule has 2 N–H and O–H groups in total. The molecule has 5 heteroatoms. The molecule has 1 aliphatic rings. The lowest BCUT2D eigenvalue weighted by Crippen LogP contribution is -2.39. The van der Waals surface area contributed by atoms with Crippen LogP contribution in [-0.4, -0.2) is 48.5 Å². The van der Waals surface area contributed by atoms with Crippen LogP contribution in [0, 0.1) is 0 Å². The lowest BCUT2D eigenvalue weighted by molar-refractivity contribution is -0.223. The molecular formula is C14H20O5. The van der Waals surface area contributed by atoms with Gasteiger partial charge in [-0.15, -0.1) is 0 Å². The van der Waals surface area contributed by atoms with Crippen LogP contribution in [0.25, 0.3) is 0 Å². The maximum absolute atomic E-state index is 9.61. The first-order valence-corrected chi connectivity index (χ1v) is 6.51. The second kappa shape index (κ2) is 7.45. The van der Waals surface area contributed by atoms with E-state index >= 15 is 0 Å². The zero-order valence-electron chi connectivity index (χ0n) is 10.8. The SMILES string of the molecule is OC[C@@H]1C[C@H](O)C[C@H](OCCOc2ccccc2)O1. The summed E-state index contributed by atoms with van der Waals surface area (Å²) in [6.45, 7) is 0.700. The van der Waals surface area contributed by atoms with Gasteiger partial charge in [-0.3, -0.25) is 0 Å². The molecule has 0 spiro atoms. The lowest BCUT2D eigenvalue weighted by atomic mass is 10.1. The van der Waals surface area contributed by atoms with Gasteiger partial charge in [0.1, 0.15) is 12.4 Å². The summed E-state index contributed by atoms with van der Waals surface area (Å²) in [5.74, 6) is 0.795. The van der Waals surface area contributed by atoms with E-state index in [0.717, 1.165) is 5.75 Å². The van der Waals surface area contributed by atoms with Crippen LogP contribution in [-0.2, 0) is 9.47 Å². The van der Waals surface area contributed by atoms with E-state index in [2.05, 4.69) is 0 Å². The minimum Gasteiger partial charge on any atom is -0.491 e. The summed E-state index contributed by atoms with van der Waals surface area (Å²) in [6, 6.07) is 9.49. The van der Waals surface area contributed by atoms with E-state index in [4.69, 9.17) is 19.3 Å². The third-order valence-electron chi connectivity index (χ3n) is 2.95. The Morgan fingerprint density at radius 3 is 2.68 bits per heavy atom. The van der Waals surface area contributed by atoms with Crippen LogP contribution in [0.3, 0.4) is 0 Å². The molecule has 0 aliphatic carbocycles. The summed E-state index contributed by atoms with van der Waals surface area (Å²) in [5.41, 5.74) is 0. The minimum atomic E-state index is -0.481. The van der Waals surface area contributed by atoms with Crippen molar-refractivity contribution in [1.29, 1.82) is 0 Å². The van der Waals surface area contributed by atoms with Crippen molar-refractivity contribution >= 4 is 0 Å². The molecule has 106 valence electrons. The van der Waals surface area contributed by atoms with Gasteiger partial charge >= 0.3 is 0 Å². The average Bonchev–Trinajstić information content (AvgIpc) is 2.44. The van der Waals surface area contributed by atoms with Crippen molar-refractivity contribution < 1.29 is 24.4 Å². The standard InChI is InChI=1S/C14H20O5/c15-10-13-8-11(16)9-14(19-13)18-7-6-17-12-4-2-1-3-5-12/h1-5,11,13-16H,6-10H2/t11-,13-,14+/m0/s1. The van der Waals surface area contributed by atoms with Gasteiger partial charge in [0.25, 0.3) is 0 Å². The second-order valence-electron chi connectivity index (χ2n) is 4.53. The number of aliphatic hydroxyl groups is 2. The first kappa shape index (κ1) is 14.3. The smallest absolute Gasteiger partial charge is 0.160 e. The zero-order valence-corrected chi connectivity index (χ0v) is 10.8. The highest BCUT2D eigenvalue weighted by Gasteiger charge is 2.28. The van der Waals surface area contributed by atoms with Gasteiger partial charge in [-0.1, -0.05) is 18.2 Å². The summed E-state index contributed by atoms with van der Waals surface area (Å²) in [5, 5.41) is 18.6. The van der Waals surface area contributed by atoms with Crippen molar-refractivity contribution in [2.75, 3.05) is 19.8 Å². The third kappa shape index (κ3) is 4.80. The highest BCUT2D eigenvalue weighted by atomic mass is 16.7. The Hall–Kier alpha value is -1.14. The maximum atomic E-state index is 9.61. The van der Waals surface area contributed by atoms with Crippen LogP contribution in [0.5, 0.6) is 5.75 Å². The monoisotopic (exact) mass is 268 g/mol. The topological polar surface area (TPSA) is 68.2 Å². The van der Waals surface area contributed by atoms with Crippen LogP contribution < -0.4 is 4.74 Å². The number of hydrogen-bond acceptors (Lipinski definition) is 5. The number of ether oxygens (including phenoxy) is 3. The molecule has 5 nitrogen and oxygen atoms in total. The van der Waals surface area contributed by atoms with Gasteiger partial charge in [0.15, 0.2) is 6.29 Å². The van der Waals surface area contributed by atoms with Crippen LogP contribution >= 0.6 is 0 Å². The van der Waals surface area contributed by atoms with E-state index in [1.807, 2.05) is 30.3 Å². The van der Waals surface area contributed by atoms with Gasteiger partial charge in [0.2, 0.25) is 0 Å². The maximum Gasteiger partial charge on any atom is 0.160 e. The largest absolute Gasteiger partial charge is 0.491 e. The van der Waals surface area contributed by atoms with Crippen molar-refractivity contribution in [2.45, 2.75) is 31.3 Å². The van der Waals surface area contributed by atoms with Crippen LogP contribution in [0.2, 0.25) is 0 Å². The quantitative estimate of drug-likeness (QED) is 0.752. The van der Waals surface area contributed by atoms with Gasteiger partial charge in [-0.2, -0.15) is 0 Å². The number of hydrogen-bond donors (Lipinski definition) is 2. The molecule has 1 aliphatic heterocycles. The molecule has 1 aromatic rings. The molecule has 2 rings (SSSR count). The molecule has 0 saturated carbocycles. The normalized spacial score (nSPS) is 27.2. The van der Waals surface area contributed by atoms with Crippen LogP contribution in [0.15, 0.2) is 30.3 Å². The fourth-order valence-electron chi connectivity index (χ4n) is 2.03. The van der Waals surface area contributed by atoms with Gasteiger partial charge in [0, 0.05) is 12.8 Å². The first-order chi connectivity index (χ1) is 9.28. The predicted molar refractivity (Wildman–Crippen MR) is 68.9 cm³/mol. The number of rotatable bonds is 6. The Morgan fingerprint density at radius 2 is 1.95 bits per heavy atom. The molecule has 0 radical (unpaired) electrons. The molecule has 0 unspecified atom stereocenters. The van der Waals surface area contributed by atoms with Gasteiger partial charge < -0.3 is 24.4 Å². The Morgan fingerprint density at radius 1 is 1.16 bits per heavy atom. The summed E-state index contributed by atoms with van der Waals surface area (Å²) in [4.78, 5) is 0. The molecule has 0 bridgehead atoms. The summed E-state index contributed by atoms with van der Waals surface area (Å²) in [6.07, 6.45) is -0.409. The molecule has 0 aromatic heterocycles. The van der Waals surface area contributed by atoms with Crippen molar-refractivity contribution in [3.63, 3.8) is 0 Å². The van der Waals surface area contributed by atoms with Crippen molar-refractivity contribution in [2.24, 2.45) is 0 Å². The molecule has 19 heavy (non-hydrogen) atoms. The number of para-hydroxylation sites is 1. The van der Waals surface area contributed by atoms with Gasteiger partial charge in [-0.05, 0) is 12.1 Å². The Balaban J connectivity index is 1.65. The number of aliphatic hydroxyl groups excluding tert-OH is 2. The molecule has 1 heterocycles. The average molecular weight is 268 g/mol.